The number of rotatable bonds is 3. The van der Waals surface area contributed by atoms with Gasteiger partial charge in [0.2, 0.25) is 12.5 Å². The normalized spacial score (nSPS) is 12.8. The SMILES string of the molecule is COc1cc(-c2nc(CN)cs2)cc2c1OCO2. The van der Waals surface area contributed by atoms with Gasteiger partial charge in [-0.2, -0.15) is 0 Å². The van der Waals surface area contributed by atoms with E-state index in [1.165, 1.54) is 0 Å². The van der Waals surface area contributed by atoms with Crippen molar-refractivity contribution in [3.8, 4) is 27.8 Å². The van der Waals surface area contributed by atoms with Crippen molar-refractivity contribution < 1.29 is 14.2 Å². The summed E-state index contributed by atoms with van der Waals surface area (Å²) >= 11 is 1.55. The molecular formula is C12H12N2O3S. The first-order chi connectivity index (χ1) is 8.81. The molecule has 18 heavy (non-hydrogen) atoms. The van der Waals surface area contributed by atoms with E-state index < -0.39 is 0 Å². The topological polar surface area (TPSA) is 66.6 Å². The number of fused-ring (bicyclic) bond motifs is 1. The molecule has 0 unspecified atom stereocenters. The Balaban J connectivity index is 2.07. The van der Waals surface area contributed by atoms with E-state index in [0.717, 1.165) is 16.3 Å². The number of ether oxygens (including phenoxy) is 3. The van der Waals surface area contributed by atoms with Gasteiger partial charge in [-0.25, -0.2) is 4.98 Å². The van der Waals surface area contributed by atoms with Gasteiger partial charge < -0.3 is 19.9 Å². The van der Waals surface area contributed by atoms with Crippen LogP contribution in [0.1, 0.15) is 5.69 Å². The number of hydrogen-bond acceptors (Lipinski definition) is 6. The van der Waals surface area contributed by atoms with Crippen molar-refractivity contribution in [1.82, 2.24) is 4.98 Å². The molecule has 2 heterocycles. The summed E-state index contributed by atoms with van der Waals surface area (Å²) in [6, 6.07) is 3.80. The Bertz CT molecular complexity index is 583. The summed E-state index contributed by atoms with van der Waals surface area (Å²) in [5.74, 6) is 2.00. The summed E-state index contributed by atoms with van der Waals surface area (Å²) < 4.78 is 16.0. The fourth-order valence-electron chi connectivity index (χ4n) is 1.79. The maximum absolute atomic E-state index is 5.56. The number of methoxy groups -OCH3 is 1. The Morgan fingerprint density at radius 2 is 2.33 bits per heavy atom. The molecule has 0 atom stereocenters. The number of benzene rings is 1. The van der Waals surface area contributed by atoms with Crippen LogP contribution in [0.5, 0.6) is 17.2 Å². The van der Waals surface area contributed by atoms with E-state index in [1.807, 2.05) is 17.5 Å². The number of nitrogens with zero attached hydrogens (tertiary/aromatic N) is 1. The minimum atomic E-state index is 0.223. The summed E-state index contributed by atoms with van der Waals surface area (Å²) in [7, 11) is 1.61. The van der Waals surface area contributed by atoms with Crippen LogP contribution in [-0.4, -0.2) is 18.9 Å². The fraction of sp³-hybridized carbons (Fsp3) is 0.250. The zero-order valence-corrected chi connectivity index (χ0v) is 10.6. The van der Waals surface area contributed by atoms with Gasteiger partial charge in [-0.3, -0.25) is 0 Å². The van der Waals surface area contributed by atoms with Crippen LogP contribution in [0.15, 0.2) is 17.5 Å². The highest BCUT2D eigenvalue weighted by atomic mass is 32.1. The van der Waals surface area contributed by atoms with Gasteiger partial charge in [0.1, 0.15) is 5.01 Å². The molecule has 5 nitrogen and oxygen atoms in total. The molecule has 0 spiro atoms. The highest BCUT2D eigenvalue weighted by Crippen LogP contribution is 2.44. The van der Waals surface area contributed by atoms with Crippen LogP contribution in [0.25, 0.3) is 10.6 Å². The van der Waals surface area contributed by atoms with Crippen LogP contribution in [0, 0.1) is 0 Å². The molecule has 1 aliphatic rings. The van der Waals surface area contributed by atoms with Crippen LogP contribution in [0.2, 0.25) is 0 Å². The third kappa shape index (κ3) is 1.79. The zero-order valence-electron chi connectivity index (χ0n) is 9.80. The summed E-state index contributed by atoms with van der Waals surface area (Å²) in [6.07, 6.45) is 0. The van der Waals surface area contributed by atoms with E-state index in [1.54, 1.807) is 18.4 Å². The molecule has 0 aliphatic carbocycles. The van der Waals surface area contributed by atoms with Gasteiger partial charge in [0.25, 0.3) is 0 Å². The van der Waals surface area contributed by atoms with E-state index >= 15 is 0 Å². The van der Waals surface area contributed by atoms with Crippen molar-refractivity contribution in [2.45, 2.75) is 6.54 Å². The largest absolute Gasteiger partial charge is 0.493 e. The van der Waals surface area contributed by atoms with Crippen molar-refractivity contribution in [2.24, 2.45) is 5.73 Å². The van der Waals surface area contributed by atoms with Gasteiger partial charge in [0, 0.05) is 17.5 Å². The summed E-state index contributed by atoms with van der Waals surface area (Å²) in [6.45, 7) is 0.666. The first kappa shape index (κ1) is 11.3. The van der Waals surface area contributed by atoms with Crippen molar-refractivity contribution in [2.75, 3.05) is 13.9 Å². The molecule has 0 amide bonds. The second-order valence-corrected chi connectivity index (χ2v) is 4.62. The van der Waals surface area contributed by atoms with Crippen molar-refractivity contribution in [3.05, 3.63) is 23.2 Å². The zero-order chi connectivity index (χ0) is 12.5. The maximum Gasteiger partial charge on any atom is 0.231 e. The van der Waals surface area contributed by atoms with E-state index in [2.05, 4.69) is 4.98 Å². The van der Waals surface area contributed by atoms with Crippen molar-refractivity contribution in [1.29, 1.82) is 0 Å². The lowest BCUT2D eigenvalue weighted by Crippen LogP contribution is -1.95. The third-order valence-corrected chi connectivity index (χ3v) is 3.61. The minimum Gasteiger partial charge on any atom is -0.493 e. The number of hydrogen-bond donors (Lipinski definition) is 1. The van der Waals surface area contributed by atoms with Crippen molar-refractivity contribution in [3.63, 3.8) is 0 Å². The average molecular weight is 264 g/mol. The summed E-state index contributed by atoms with van der Waals surface area (Å²) in [5, 5.41) is 2.85. The number of aromatic nitrogens is 1. The predicted molar refractivity (Wildman–Crippen MR) is 68.1 cm³/mol. The highest BCUT2D eigenvalue weighted by molar-refractivity contribution is 7.13. The second-order valence-electron chi connectivity index (χ2n) is 3.76. The van der Waals surface area contributed by atoms with Gasteiger partial charge in [0.05, 0.1) is 12.8 Å². The first-order valence-corrected chi connectivity index (χ1v) is 6.32. The van der Waals surface area contributed by atoms with E-state index in [4.69, 9.17) is 19.9 Å². The van der Waals surface area contributed by atoms with Gasteiger partial charge in [0.15, 0.2) is 11.5 Å². The molecule has 6 heteroatoms. The van der Waals surface area contributed by atoms with Gasteiger partial charge in [-0.1, -0.05) is 0 Å². The van der Waals surface area contributed by atoms with Gasteiger partial charge >= 0.3 is 0 Å². The number of nitrogens with two attached hydrogens (primary N) is 1. The molecule has 0 saturated carbocycles. The van der Waals surface area contributed by atoms with Gasteiger partial charge in [-0.05, 0) is 12.1 Å². The van der Waals surface area contributed by atoms with E-state index in [-0.39, 0.29) is 6.79 Å². The Hall–Kier alpha value is -1.79. The molecule has 0 saturated heterocycles. The van der Waals surface area contributed by atoms with Crippen LogP contribution >= 0.6 is 11.3 Å². The molecule has 0 bridgehead atoms. The summed E-state index contributed by atoms with van der Waals surface area (Å²) in [4.78, 5) is 4.44. The van der Waals surface area contributed by atoms with Crippen LogP contribution in [0.4, 0.5) is 0 Å². The van der Waals surface area contributed by atoms with Crippen LogP contribution in [-0.2, 0) is 6.54 Å². The lowest BCUT2D eigenvalue weighted by Gasteiger charge is -2.06. The molecule has 0 fully saturated rings. The van der Waals surface area contributed by atoms with Crippen LogP contribution < -0.4 is 19.9 Å². The van der Waals surface area contributed by atoms with Crippen molar-refractivity contribution >= 4 is 11.3 Å². The molecule has 2 aromatic rings. The molecule has 3 rings (SSSR count). The monoisotopic (exact) mass is 264 g/mol. The molecule has 1 aliphatic heterocycles. The quantitative estimate of drug-likeness (QED) is 0.918. The highest BCUT2D eigenvalue weighted by Gasteiger charge is 2.21. The Labute approximate surface area is 108 Å². The Morgan fingerprint density at radius 3 is 3.06 bits per heavy atom. The predicted octanol–water partition coefficient (Wildman–Crippen LogP) is 2.01. The second kappa shape index (κ2) is 4.47. The summed E-state index contributed by atoms with van der Waals surface area (Å²) in [5.41, 5.74) is 7.39. The molecule has 1 aromatic carbocycles. The maximum atomic E-state index is 5.56. The van der Waals surface area contributed by atoms with E-state index in [9.17, 15) is 0 Å². The molecule has 2 N–H and O–H groups in total. The molecular weight excluding hydrogens is 252 g/mol. The Morgan fingerprint density at radius 1 is 1.44 bits per heavy atom. The molecule has 1 aromatic heterocycles. The minimum absolute atomic E-state index is 0.223. The lowest BCUT2D eigenvalue weighted by atomic mass is 10.2. The first-order valence-electron chi connectivity index (χ1n) is 5.44. The van der Waals surface area contributed by atoms with Crippen LogP contribution in [0.3, 0.4) is 0 Å². The van der Waals surface area contributed by atoms with Gasteiger partial charge in [-0.15, -0.1) is 11.3 Å². The fourth-order valence-corrected chi connectivity index (χ4v) is 2.61. The standard InChI is InChI=1S/C12H12N2O3S/c1-15-9-2-7(3-10-11(9)17-6-16-10)12-14-8(4-13)5-18-12/h2-3,5H,4,6,13H2,1H3. The molecule has 94 valence electrons. The van der Waals surface area contributed by atoms with E-state index in [0.29, 0.717) is 23.8 Å². The smallest absolute Gasteiger partial charge is 0.231 e. The number of thiazole rings is 1. The average Bonchev–Trinajstić information content (AvgIpc) is 3.05. The lowest BCUT2D eigenvalue weighted by molar-refractivity contribution is 0.171. The molecule has 0 radical (unpaired) electrons. The Kier molecular flexibility index (Phi) is 2.81. The third-order valence-electron chi connectivity index (χ3n) is 2.67.